The van der Waals surface area contributed by atoms with Gasteiger partial charge in [0.2, 0.25) is 5.78 Å². The van der Waals surface area contributed by atoms with Crippen molar-refractivity contribution < 1.29 is 22.7 Å². The lowest BCUT2D eigenvalue weighted by Gasteiger charge is -2.08. The molecule has 2 nitrogen and oxygen atoms in total. The van der Waals surface area contributed by atoms with E-state index in [2.05, 4.69) is 0 Å². The zero-order chi connectivity index (χ0) is 16.0. The first-order valence-electron chi connectivity index (χ1n) is 6.81. The van der Waals surface area contributed by atoms with Crippen LogP contribution >= 0.6 is 0 Å². The third kappa shape index (κ3) is 4.91. The van der Waals surface area contributed by atoms with Crippen molar-refractivity contribution in [2.45, 2.75) is 25.6 Å². The van der Waals surface area contributed by atoms with Crippen LogP contribution in [-0.4, -0.2) is 12.0 Å². The molecule has 0 heterocycles. The topological polar surface area (TPSA) is 26.3 Å². The second-order valence-electron chi connectivity index (χ2n) is 4.84. The molecule has 22 heavy (non-hydrogen) atoms. The highest BCUT2D eigenvalue weighted by Crippen LogP contribution is 2.20. The van der Waals surface area contributed by atoms with Gasteiger partial charge < -0.3 is 4.74 Å². The second kappa shape index (κ2) is 7.11. The van der Waals surface area contributed by atoms with Crippen molar-refractivity contribution in [1.29, 1.82) is 0 Å². The number of Topliss-reactive ketones (excluding diaryl/α,β-unsaturated/α-hetero) is 1. The first-order chi connectivity index (χ1) is 10.4. The van der Waals surface area contributed by atoms with Gasteiger partial charge in [0.05, 0.1) is 0 Å². The molecule has 0 aliphatic heterocycles. The molecule has 2 rings (SSSR count). The van der Waals surface area contributed by atoms with Crippen LogP contribution in [0, 0.1) is 0 Å². The molecule has 5 heteroatoms. The Kier molecular flexibility index (Phi) is 5.20. The summed E-state index contributed by atoms with van der Waals surface area (Å²) in [5.74, 6) is -1.06. The molecule has 0 unspecified atom stereocenters. The average Bonchev–Trinajstić information content (AvgIpc) is 2.51. The van der Waals surface area contributed by atoms with Crippen LogP contribution in [0.2, 0.25) is 0 Å². The number of hydrogen-bond acceptors (Lipinski definition) is 2. The summed E-state index contributed by atoms with van der Waals surface area (Å²) in [6.45, 7) is 0.423. The Hall–Kier alpha value is -2.30. The van der Waals surface area contributed by atoms with E-state index in [4.69, 9.17) is 4.74 Å². The Morgan fingerprint density at radius 2 is 1.55 bits per heavy atom. The predicted octanol–water partition coefficient (Wildman–Crippen LogP) is 4.33. The molecular weight excluding hydrogens is 293 g/mol. The zero-order valence-electron chi connectivity index (χ0n) is 11.8. The lowest BCUT2D eigenvalue weighted by atomic mass is 10.1. The number of ketones is 1. The minimum Gasteiger partial charge on any atom is -0.489 e. The molecule has 0 aliphatic rings. The third-order valence-electron chi connectivity index (χ3n) is 3.13. The van der Waals surface area contributed by atoms with Gasteiger partial charge in [-0.05, 0) is 29.7 Å². The van der Waals surface area contributed by atoms with Gasteiger partial charge in [-0.2, -0.15) is 13.2 Å². The molecule has 0 bridgehead atoms. The molecule has 0 spiro atoms. The molecule has 116 valence electrons. The first-order valence-corrected chi connectivity index (χ1v) is 6.81. The lowest BCUT2D eigenvalue weighted by molar-refractivity contribution is -0.171. The van der Waals surface area contributed by atoms with Crippen molar-refractivity contribution in [2.75, 3.05) is 0 Å². The maximum atomic E-state index is 12.1. The van der Waals surface area contributed by atoms with Gasteiger partial charge in [0, 0.05) is 6.42 Å². The monoisotopic (exact) mass is 308 g/mol. The molecular formula is C17H15F3O2. The van der Waals surface area contributed by atoms with E-state index >= 15 is 0 Å². The molecule has 0 fully saturated rings. The Labute approximate surface area is 126 Å². The smallest absolute Gasteiger partial charge is 0.449 e. The number of halogens is 3. The molecule has 0 N–H and O–H groups in total. The van der Waals surface area contributed by atoms with Crippen LogP contribution in [-0.2, 0) is 17.8 Å². The highest BCUT2D eigenvalue weighted by atomic mass is 19.4. The standard InChI is InChI=1S/C17H15F3O2/c18-17(19,20)16(21)11-8-13-6-9-15(10-7-13)22-12-14-4-2-1-3-5-14/h1-7,9-10H,8,11-12H2. The Bertz CT molecular complexity index is 604. The van der Waals surface area contributed by atoms with Gasteiger partial charge >= 0.3 is 6.18 Å². The molecule has 2 aromatic rings. The van der Waals surface area contributed by atoms with E-state index in [0.717, 1.165) is 5.56 Å². The van der Waals surface area contributed by atoms with E-state index in [1.807, 2.05) is 30.3 Å². The number of rotatable bonds is 6. The SMILES string of the molecule is O=C(CCc1ccc(OCc2ccccc2)cc1)C(F)(F)F. The van der Waals surface area contributed by atoms with Crippen LogP contribution in [0.25, 0.3) is 0 Å². The summed E-state index contributed by atoms with van der Waals surface area (Å²) in [4.78, 5) is 10.8. The molecule has 0 saturated heterocycles. The van der Waals surface area contributed by atoms with Crippen LogP contribution in [0.4, 0.5) is 13.2 Å². The fourth-order valence-electron chi connectivity index (χ4n) is 1.89. The summed E-state index contributed by atoms with van der Waals surface area (Å²) in [5.41, 5.74) is 1.70. The molecule has 0 aromatic heterocycles. The number of aryl methyl sites for hydroxylation is 1. The van der Waals surface area contributed by atoms with Crippen LogP contribution < -0.4 is 4.74 Å². The number of ether oxygens (including phenoxy) is 1. The fourth-order valence-corrected chi connectivity index (χ4v) is 1.89. The quantitative estimate of drug-likeness (QED) is 0.794. The number of alkyl halides is 3. The van der Waals surface area contributed by atoms with E-state index in [1.54, 1.807) is 24.3 Å². The van der Waals surface area contributed by atoms with E-state index < -0.39 is 18.4 Å². The minimum absolute atomic E-state index is 0.0668. The van der Waals surface area contributed by atoms with E-state index in [9.17, 15) is 18.0 Å². The van der Waals surface area contributed by atoms with Gasteiger partial charge in [-0.25, -0.2) is 0 Å². The van der Waals surface area contributed by atoms with Gasteiger partial charge in [-0.3, -0.25) is 4.79 Å². The first kappa shape index (κ1) is 16.1. The van der Waals surface area contributed by atoms with Gasteiger partial charge in [0.1, 0.15) is 12.4 Å². The molecule has 2 aromatic carbocycles. The van der Waals surface area contributed by atoms with E-state index in [0.29, 0.717) is 17.9 Å². The maximum Gasteiger partial charge on any atom is 0.449 e. The number of benzene rings is 2. The highest BCUT2D eigenvalue weighted by Gasteiger charge is 2.37. The fraction of sp³-hybridized carbons (Fsp3) is 0.235. The minimum atomic E-state index is -4.75. The van der Waals surface area contributed by atoms with Crippen molar-refractivity contribution in [3.63, 3.8) is 0 Å². The van der Waals surface area contributed by atoms with Gasteiger partial charge in [-0.1, -0.05) is 42.5 Å². The van der Waals surface area contributed by atoms with Gasteiger partial charge in [-0.15, -0.1) is 0 Å². The van der Waals surface area contributed by atoms with Crippen molar-refractivity contribution >= 4 is 5.78 Å². The van der Waals surface area contributed by atoms with E-state index in [1.165, 1.54) is 0 Å². The summed E-state index contributed by atoms with van der Waals surface area (Å²) >= 11 is 0. The van der Waals surface area contributed by atoms with Gasteiger partial charge in [0.15, 0.2) is 0 Å². The highest BCUT2D eigenvalue weighted by molar-refractivity contribution is 5.84. The largest absolute Gasteiger partial charge is 0.489 e. The van der Waals surface area contributed by atoms with Crippen molar-refractivity contribution in [1.82, 2.24) is 0 Å². The van der Waals surface area contributed by atoms with Crippen molar-refractivity contribution in [3.05, 3.63) is 65.7 Å². The predicted molar refractivity (Wildman–Crippen MR) is 76.6 cm³/mol. The Balaban J connectivity index is 1.84. The molecule has 0 radical (unpaired) electrons. The molecule has 0 saturated carbocycles. The summed E-state index contributed by atoms with van der Waals surface area (Å²) in [7, 11) is 0. The normalized spacial score (nSPS) is 11.2. The second-order valence-corrected chi connectivity index (χ2v) is 4.84. The van der Waals surface area contributed by atoms with Crippen molar-refractivity contribution in [3.8, 4) is 5.75 Å². The van der Waals surface area contributed by atoms with Crippen molar-refractivity contribution in [2.24, 2.45) is 0 Å². The molecule has 0 atom stereocenters. The number of carbonyl (C=O) groups is 1. The van der Waals surface area contributed by atoms with E-state index in [-0.39, 0.29) is 6.42 Å². The molecule has 0 amide bonds. The maximum absolute atomic E-state index is 12.1. The summed E-state index contributed by atoms with van der Waals surface area (Å²) < 4.78 is 41.9. The number of hydrogen-bond donors (Lipinski definition) is 0. The zero-order valence-corrected chi connectivity index (χ0v) is 11.8. The third-order valence-corrected chi connectivity index (χ3v) is 3.13. The van der Waals surface area contributed by atoms with Crippen LogP contribution in [0.1, 0.15) is 17.5 Å². The summed E-state index contributed by atoms with van der Waals surface area (Å²) in [6.07, 6.45) is -5.22. The number of carbonyl (C=O) groups excluding carboxylic acids is 1. The van der Waals surface area contributed by atoms with Crippen LogP contribution in [0.3, 0.4) is 0 Å². The molecule has 0 aliphatic carbocycles. The van der Waals surface area contributed by atoms with Gasteiger partial charge in [0.25, 0.3) is 0 Å². The lowest BCUT2D eigenvalue weighted by Crippen LogP contribution is -2.22. The van der Waals surface area contributed by atoms with Crippen LogP contribution in [0.5, 0.6) is 5.75 Å². The Morgan fingerprint density at radius 1 is 0.909 bits per heavy atom. The Morgan fingerprint density at radius 3 is 2.14 bits per heavy atom. The van der Waals surface area contributed by atoms with Crippen LogP contribution in [0.15, 0.2) is 54.6 Å². The summed E-state index contributed by atoms with van der Waals surface area (Å²) in [5, 5.41) is 0. The average molecular weight is 308 g/mol. The summed E-state index contributed by atoms with van der Waals surface area (Å²) in [6, 6.07) is 16.4.